The van der Waals surface area contributed by atoms with Gasteiger partial charge in [-0.2, -0.15) is 0 Å². The van der Waals surface area contributed by atoms with Crippen molar-refractivity contribution in [2.45, 2.75) is 30.6 Å². The van der Waals surface area contributed by atoms with E-state index in [0.717, 1.165) is 30.2 Å². The molecule has 0 saturated heterocycles. The van der Waals surface area contributed by atoms with Gasteiger partial charge in [-0.05, 0) is 43.5 Å². The van der Waals surface area contributed by atoms with Gasteiger partial charge in [0.05, 0.1) is 16.1 Å². The Labute approximate surface area is 131 Å². The van der Waals surface area contributed by atoms with Crippen LogP contribution in [0.15, 0.2) is 28.6 Å². The van der Waals surface area contributed by atoms with E-state index in [1.165, 1.54) is 17.6 Å². The molecule has 2 aromatic rings. The molecule has 8 heteroatoms. The number of carbonyl (C=O) groups excluding carboxylic acids is 1. The van der Waals surface area contributed by atoms with Crippen LogP contribution >= 0.6 is 11.3 Å². The lowest BCUT2D eigenvalue weighted by atomic mass is 10.2. The smallest absolute Gasteiger partial charge is 0.267 e. The van der Waals surface area contributed by atoms with Crippen molar-refractivity contribution in [3.63, 3.8) is 0 Å². The normalized spacial score (nSPS) is 14.8. The van der Waals surface area contributed by atoms with Crippen LogP contribution in [0.25, 0.3) is 0 Å². The fourth-order valence-corrected chi connectivity index (χ4v) is 4.06. The molecule has 116 valence electrons. The average Bonchev–Trinajstić information content (AvgIpc) is 3.14. The molecule has 0 spiro atoms. The SMILES string of the molecule is Cc1cc(F)cc(S(=O)(=O)NC(=O)c2scnc2C2CC2)c1. The van der Waals surface area contributed by atoms with Gasteiger partial charge in [-0.25, -0.2) is 22.5 Å². The van der Waals surface area contributed by atoms with Crippen LogP contribution in [-0.4, -0.2) is 19.3 Å². The van der Waals surface area contributed by atoms with Crippen LogP contribution < -0.4 is 4.72 Å². The molecule has 0 radical (unpaired) electrons. The van der Waals surface area contributed by atoms with E-state index in [1.54, 1.807) is 6.92 Å². The third kappa shape index (κ3) is 3.02. The van der Waals surface area contributed by atoms with E-state index in [4.69, 9.17) is 0 Å². The maximum absolute atomic E-state index is 13.4. The van der Waals surface area contributed by atoms with Crippen LogP contribution in [0.3, 0.4) is 0 Å². The molecule has 0 unspecified atom stereocenters. The molecule has 1 heterocycles. The highest BCUT2D eigenvalue weighted by Gasteiger charge is 2.32. The van der Waals surface area contributed by atoms with Gasteiger partial charge in [0.2, 0.25) is 0 Å². The van der Waals surface area contributed by atoms with E-state index in [9.17, 15) is 17.6 Å². The zero-order valence-corrected chi connectivity index (χ0v) is 13.3. The van der Waals surface area contributed by atoms with Crippen molar-refractivity contribution >= 4 is 27.3 Å². The van der Waals surface area contributed by atoms with Crippen molar-refractivity contribution in [1.82, 2.24) is 9.71 Å². The Balaban J connectivity index is 1.87. The summed E-state index contributed by atoms with van der Waals surface area (Å²) in [4.78, 5) is 16.4. The highest BCUT2D eigenvalue weighted by Crippen LogP contribution is 2.41. The zero-order valence-electron chi connectivity index (χ0n) is 11.7. The number of carbonyl (C=O) groups is 1. The van der Waals surface area contributed by atoms with E-state index in [1.807, 2.05) is 4.72 Å². The molecule has 22 heavy (non-hydrogen) atoms. The zero-order chi connectivity index (χ0) is 15.9. The van der Waals surface area contributed by atoms with E-state index < -0.39 is 21.7 Å². The van der Waals surface area contributed by atoms with Gasteiger partial charge in [0, 0.05) is 5.92 Å². The number of benzene rings is 1. The third-order valence-electron chi connectivity index (χ3n) is 3.32. The molecular weight excluding hydrogens is 327 g/mol. The minimum atomic E-state index is -4.11. The fourth-order valence-electron chi connectivity index (χ4n) is 2.16. The second-order valence-electron chi connectivity index (χ2n) is 5.24. The maximum atomic E-state index is 13.4. The largest absolute Gasteiger partial charge is 0.277 e. The number of halogens is 1. The number of hydrogen-bond acceptors (Lipinski definition) is 5. The number of sulfonamides is 1. The van der Waals surface area contributed by atoms with Crippen molar-refractivity contribution in [2.24, 2.45) is 0 Å². The van der Waals surface area contributed by atoms with Crippen molar-refractivity contribution in [2.75, 3.05) is 0 Å². The topological polar surface area (TPSA) is 76.1 Å². The van der Waals surface area contributed by atoms with Gasteiger partial charge in [0.15, 0.2) is 0 Å². The summed E-state index contributed by atoms with van der Waals surface area (Å²) >= 11 is 1.11. The number of aryl methyl sites for hydroxylation is 1. The van der Waals surface area contributed by atoms with E-state index in [0.29, 0.717) is 16.1 Å². The Morgan fingerprint density at radius 3 is 2.73 bits per heavy atom. The Bertz CT molecular complexity index is 821. The summed E-state index contributed by atoms with van der Waals surface area (Å²) in [5.74, 6) is -1.14. The Morgan fingerprint density at radius 1 is 1.36 bits per heavy atom. The first kappa shape index (κ1) is 15.1. The maximum Gasteiger partial charge on any atom is 0.277 e. The van der Waals surface area contributed by atoms with Crippen LogP contribution in [0.4, 0.5) is 4.39 Å². The lowest BCUT2D eigenvalue weighted by molar-refractivity contribution is 0.0984. The highest BCUT2D eigenvalue weighted by atomic mass is 32.2. The van der Waals surface area contributed by atoms with Gasteiger partial charge < -0.3 is 0 Å². The summed E-state index contributed by atoms with van der Waals surface area (Å²) in [7, 11) is -4.11. The Kier molecular flexibility index (Phi) is 3.73. The van der Waals surface area contributed by atoms with E-state index in [-0.39, 0.29) is 10.8 Å². The number of thiazole rings is 1. The van der Waals surface area contributed by atoms with Gasteiger partial charge in [-0.15, -0.1) is 11.3 Å². The first-order valence-electron chi connectivity index (χ1n) is 6.64. The predicted octanol–water partition coefficient (Wildman–Crippen LogP) is 2.59. The summed E-state index contributed by atoms with van der Waals surface area (Å²) in [6, 6.07) is 3.42. The van der Waals surface area contributed by atoms with Crippen molar-refractivity contribution < 1.29 is 17.6 Å². The summed E-state index contributed by atoms with van der Waals surface area (Å²) in [6.07, 6.45) is 1.92. The molecule has 3 rings (SSSR count). The van der Waals surface area contributed by atoms with Crippen LogP contribution in [0.5, 0.6) is 0 Å². The standard InChI is InChI=1S/C14H13FN2O3S2/c1-8-4-10(15)6-11(5-8)22(19,20)17-14(18)13-12(9-2-3-9)16-7-21-13/h4-7,9H,2-3H2,1H3,(H,17,18). The van der Waals surface area contributed by atoms with Gasteiger partial charge in [0.1, 0.15) is 10.7 Å². The second kappa shape index (κ2) is 5.44. The molecule has 1 N–H and O–H groups in total. The average molecular weight is 340 g/mol. The van der Waals surface area contributed by atoms with Crippen molar-refractivity contribution in [3.05, 3.63) is 45.7 Å². The number of amides is 1. The summed E-state index contributed by atoms with van der Waals surface area (Å²) in [5.41, 5.74) is 2.64. The number of nitrogens with one attached hydrogen (secondary N) is 1. The molecule has 1 aliphatic rings. The summed E-state index contributed by atoms with van der Waals surface area (Å²) < 4.78 is 39.8. The molecule has 0 aliphatic heterocycles. The quantitative estimate of drug-likeness (QED) is 0.928. The number of aromatic nitrogens is 1. The predicted molar refractivity (Wildman–Crippen MR) is 79.9 cm³/mol. The van der Waals surface area contributed by atoms with E-state index in [2.05, 4.69) is 4.98 Å². The number of nitrogens with zero attached hydrogens (tertiary/aromatic N) is 1. The molecule has 0 bridgehead atoms. The molecule has 1 aromatic heterocycles. The first-order valence-corrected chi connectivity index (χ1v) is 9.01. The molecule has 0 atom stereocenters. The van der Waals surface area contributed by atoms with Crippen LogP contribution in [0.1, 0.15) is 39.7 Å². The fraction of sp³-hybridized carbons (Fsp3) is 0.286. The van der Waals surface area contributed by atoms with Crippen molar-refractivity contribution in [3.8, 4) is 0 Å². The van der Waals surface area contributed by atoms with Gasteiger partial charge >= 0.3 is 0 Å². The highest BCUT2D eigenvalue weighted by molar-refractivity contribution is 7.90. The summed E-state index contributed by atoms with van der Waals surface area (Å²) in [5, 5.41) is 0. The number of hydrogen-bond donors (Lipinski definition) is 1. The van der Waals surface area contributed by atoms with Gasteiger partial charge in [-0.1, -0.05) is 0 Å². The third-order valence-corrected chi connectivity index (χ3v) is 5.47. The molecule has 5 nitrogen and oxygen atoms in total. The molecule has 1 amide bonds. The molecular formula is C14H13FN2O3S2. The Hall–Kier alpha value is -1.80. The van der Waals surface area contributed by atoms with Crippen LogP contribution in [0.2, 0.25) is 0 Å². The van der Waals surface area contributed by atoms with Crippen molar-refractivity contribution in [1.29, 1.82) is 0 Å². The number of rotatable bonds is 4. The molecule has 1 aliphatic carbocycles. The lowest BCUT2D eigenvalue weighted by Gasteiger charge is -2.08. The molecule has 1 aromatic carbocycles. The Morgan fingerprint density at radius 2 is 2.09 bits per heavy atom. The first-order chi connectivity index (χ1) is 10.4. The van der Waals surface area contributed by atoms with Crippen LogP contribution in [0, 0.1) is 12.7 Å². The second-order valence-corrected chi connectivity index (χ2v) is 7.78. The van der Waals surface area contributed by atoms with E-state index >= 15 is 0 Å². The van der Waals surface area contributed by atoms with Gasteiger partial charge in [-0.3, -0.25) is 4.79 Å². The summed E-state index contributed by atoms with van der Waals surface area (Å²) in [6.45, 7) is 1.58. The molecule has 1 fully saturated rings. The minimum absolute atomic E-state index is 0.242. The molecule has 1 saturated carbocycles. The minimum Gasteiger partial charge on any atom is -0.267 e. The monoisotopic (exact) mass is 340 g/mol. The van der Waals surface area contributed by atoms with Gasteiger partial charge in [0.25, 0.3) is 15.9 Å². The van der Waals surface area contributed by atoms with Crippen LogP contribution in [-0.2, 0) is 10.0 Å². The lowest BCUT2D eigenvalue weighted by Crippen LogP contribution is -2.30.